The van der Waals surface area contributed by atoms with Crippen molar-refractivity contribution in [2.24, 2.45) is 0 Å². The molecular weight excluding hydrogens is 326 g/mol. The number of nitrogens with zero attached hydrogens (tertiary/aromatic N) is 3. The second-order valence-corrected chi connectivity index (χ2v) is 7.33. The van der Waals surface area contributed by atoms with Gasteiger partial charge in [0.2, 0.25) is 0 Å². The van der Waals surface area contributed by atoms with E-state index in [0.29, 0.717) is 19.8 Å². The summed E-state index contributed by atoms with van der Waals surface area (Å²) >= 11 is 0. The lowest BCUT2D eigenvalue weighted by molar-refractivity contribution is -0.559. The average Bonchev–Trinajstić information content (AvgIpc) is 2.67. The predicted molar refractivity (Wildman–Crippen MR) is 107 cm³/mol. The fraction of sp³-hybridized carbons (Fsp3) is 0.429. The second kappa shape index (κ2) is 7.36. The van der Waals surface area contributed by atoms with Gasteiger partial charge in [-0.3, -0.25) is 10.1 Å². The van der Waals surface area contributed by atoms with Crippen molar-refractivity contribution < 1.29 is 4.92 Å². The summed E-state index contributed by atoms with van der Waals surface area (Å²) in [6.45, 7) is 7.47. The van der Waals surface area contributed by atoms with Crippen LogP contribution in [0.3, 0.4) is 0 Å². The number of hydrogen-bond acceptors (Lipinski definition) is 4. The van der Waals surface area contributed by atoms with E-state index in [-0.39, 0.29) is 4.92 Å². The van der Waals surface area contributed by atoms with E-state index >= 15 is 0 Å². The van der Waals surface area contributed by atoms with Crippen molar-refractivity contribution in [2.45, 2.75) is 39.2 Å². The summed E-state index contributed by atoms with van der Waals surface area (Å²) < 4.78 is 0. The number of anilines is 2. The van der Waals surface area contributed by atoms with E-state index in [9.17, 15) is 10.1 Å². The minimum Gasteiger partial charge on any atom is -0.347 e. The highest BCUT2D eigenvalue weighted by Crippen LogP contribution is 2.29. The summed E-state index contributed by atoms with van der Waals surface area (Å²) in [5.41, 5.74) is 3.60. The van der Waals surface area contributed by atoms with Gasteiger partial charge in [-0.05, 0) is 48.2 Å². The first-order valence-electron chi connectivity index (χ1n) is 9.27. The molecule has 1 saturated heterocycles. The molecule has 3 rings (SSSR count). The molecule has 0 atom stereocenters. The lowest BCUT2D eigenvalue weighted by Gasteiger charge is -2.43. The van der Waals surface area contributed by atoms with Crippen molar-refractivity contribution in [3.63, 3.8) is 0 Å². The quantitative estimate of drug-likeness (QED) is 0.599. The Morgan fingerprint density at radius 2 is 1.27 bits per heavy atom. The number of rotatable bonds is 5. The van der Waals surface area contributed by atoms with Crippen LogP contribution in [0, 0.1) is 10.1 Å². The first kappa shape index (κ1) is 18.2. The van der Waals surface area contributed by atoms with Gasteiger partial charge < -0.3 is 9.80 Å². The van der Waals surface area contributed by atoms with Crippen LogP contribution in [0.25, 0.3) is 0 Å². The van der Waals surface area contributed by atoms with Crippen LogP contribution in [-0.2, 0) is 12.8 Å². The van der Waals surface area contributed by atoms with Gasteiger partial charge in [0.1, 0.15) is 0 Å². The molecule has 0 N–H and O–H groups in total. The Kier molecular flexibility index (Phi) is 5.16. The first-order chi connectivity index (χ1) is 12.4. The van der Waals surface area contributed by atoms with E-state index < -0.39 is 5.54 Å². The highest BCUT2D eigenvalue weighted by Gasteiger charge is 2.45. The molecule has 0 spiro atoms. The van der Waals surface area contributed by atoms with Gasteiger partial charge in [-0.25, -0.2) is 0 Å². The molecule has 1 fully saturated rings. The topological polar surface area (TPSA) is 49.6 Å². The molecule has 1 heterocycles. The van der Waals surface area contributed by atoms with Crippen LogP contribution >= 0.6 is 0 Å². The Labute approximate surface area is 155 Å². The third-order valence-electron chi connectivity index (χ3n) is 5.26. The Balaban J connectivity index is 1.90. The maximum absolute atomic E-state index is 11.8. The van der Waals surface area contributed by atoms with Gasteiger partial charge in [0.15, 0.2) is 0 Å². The molecule has 1 aliphatic rings. The molecule has 2 aromatic carbocycles. The summed E-state index contributed by atoms with van der Waals surface area (Å²) in [4.78, 5) is 15.9. The monoisotopic (exact) mass is 353 g/mol. The average molecular weight is 353 g/mol. The normalized spacial score (nSPS) is 16.6. The smallest absolute Gasteiger partial charge is 0.253 e. The molecule has 1 aliphatic heterocycles. The maximum Gasteiger partial charge on any atom is 0.253 e. The van der Waals surface area contributed by atoms with Crippen molar-refractivity contribution in [1.82, 2.24) is 0 Å². The van der Waals surface area contributed by atoms with E-state index in [0.717, 1.165) is 24.2 Å². The second-order valence-electron chi connectivity index (χ2n) is 7.33. The van der Waals surface area contributed by atoms with Gasteiger partial charge in [0.05, 0.1) is 19.8 Å². The predicted octanol–water partition coefficient (Wildman–Crippen LogP) is 4.13. The van der Waals surface area contributed by atoms with Crippen molar-refractivity contribution in [1.29, 1.82) is 0 Å². The van der Waals surface area contributed by atoms with Crippen molar-refractivity contribution in [3.8, 4) is 0 Å². The minimum absolute atomic E-state index is 0.132. The zero-order valence-corrected chi connectivity index (χ0v) is 15.8. The van der Waals surface area contributed by atoms with Gasteiger partial charge in [-0.15, -0.1) is 0 Å². The Bertz CT molecular complexity index is 700. The molecular formula is C21H27N3O2. The van der Waals surface area contributed by atoms with Crippen LogP contribution in [0.15, 0.2) is 48.5 Å². The zero-order chi connectivity index (χ0) is 18.7. The van der Waals surface area contributed by atoms with E-state index in [4.69, 9.17) is 0 Å². The standard InChI is InChI=1S/C21H27N3O2/c1-4-17-6-10-19(11-7-17)22-14-21(3,24(25)26)15-23(16-22)20-12-8-18(5-2)9-13-20/h6-13H,4-5,14-16H2,1-3H3. The zero-order valence-electron chi connectivity index (χ0n) is 15.8. The molecule has 0 unspecified atom stereocenters. The van der Waals surface area contributed by atoms with Crippen LogP contribution in [0.5, 0.6) is 0 Å². The molecule has 0 bridgehead atoms. The third-order valence-corrected chi connectivity index (χ3v) is 5.26. The number of nitro groups is 1. The molecule has 5 nitrogen and oxygen atoms in total. The Hall–Kier alpha value is -2.56. The summed E-state index contributed by atoms with van der Waals surface area (Å²) in [6.07, 6.45) is 1.98. The van der Waals surface area contributed by atoms with Crippen LogP contribution in [0.2, 0.25) is 0 Å². The van der Waals surface area contributed by atoms with Gasteiger partial charge >= 0.3 is 0 Å². The summed E-state index contributed by atoms with van der Waals surface area (Å²) in [5.74, 6) is 0. The minimum atomic E-state index is -1.01. The summed E-state index contributed by atoms with van der Waals surface area (Å²) in [7, 11) is 0. The lowest BCUT2D eigenvalue weighted by Crippen LogP contribution is -2.62. The Morgan fingerprint density at radius 1 is 0.885 bits per heavy atom. The fourth-order valence-corrected chi connectivity index (χ4v) is 3.52. The van der Waals surface area contributed by atoms with Crippen LogP contribution < -0.4 is 9.80 Å². The largest absolute Gasteiger partial charge is 0.347 e. The number of hydrogen-bond donors (Lipinski definition) is 0. The van der Waals surface area contributed by atoms with E-state index in [1.807, 2.05) is 0 Å². The van der Waals surface area contributed by atoms with Gasteiger partial charge in [0.25, 0.3) is 5.54 Å². The number of aryl methyl sites for hydroxylation is 2. The van der Waals surface area contributed by atoms with Crippen molar-refractivity contribution >= 4 is 11.4 Å². The van der Waals surface area contributed by atoms with Gasteiger partial charge in [-0.1, -0.05) is 38.1 Å². The Morgan fingerprint density at radius 3 is 1.58 bits per heavy atom. The SMILES string of the molecule is CCc1ccc(N2CN(c3ccc(CC)cc3)CC(C)([N+](=O)[O-])C2)cc1. The molecule has 2 aromatic rings. The van der Waals surface area contributed by atoms with E-state index in [1.165, 1.54) is 11.1 Å². The molecule has 0 aromatic heterocycles. The molecule has 0 aliphatic carbocycles. The first-order valence-corrected chi connectivity index (χ1v) is 9.27. The molecule has 138 valence electrons. The fourth-order valence-electron chi connectivity index (χ4n) is 3.52. The van der Waals surface area contributed by atoms with Crippen LogP contribution in [0.4, 0.5) is 11.4 Å². The molecule has 5 heteroatoms. The number of benzene rings is 2. The van der Waals surface area contributed by atoms with Crippen LogP contribution in [0.1, 0.15) is 31.9 Å². The summed E-state index contributed by atoms with van der Waals surface area (Å²) in [5, 5.41) is 11.8. The molecule has 0 radical (unpaired) electrons. The lowest BCUT2D eigenvalue weighted by atomic mass is 9.98. The highest BCUT2D eigenvalue weighted by molar-refractivity contribution is 5.55. The molecule has 26 heavy (non-hydrogen) atoms. The van der Waals surface area contributed by atoms with Crippen LogP contribution in [-0.4, -0.2) is 30.2 Å². The molecule has 0 saturated carbocycles. The highest BCUT2D eigenvalue weighted by atomic mass is 16.6. The maximum atomic E-state index is 11.8. The van der Waals surface area contributed by atoms with E-state index in [2.05, 4.69) is 72.2 Å². The van der Waals surface area contributed by atoms with Gasteiger partial charge in [0, 0.05) is 23.2 Å². The summed E-state index contributed by atoms with van der Waals surface area (Å²) in [6, 6.07) is 16.7. The van der Waals surface area contributed by atoms with Crippen molar-refractivity contribution in [3.05, 3.63) is 69.8 Å². The molecule has 0 amide bonds. The third kappa shape index (κ3) is 3.66. The van der Waals surface area contributed by atoms with Crippen molar-refractivity contribution in [2.75, 3.05) is 29.6 Å². The van der Waals surface area contributed by atoms with E-state index in [1.54, 1.807) is 6.92 Å². The van der Waals surface area contributed by atoms with Gasteiger partial charge in [-0.2, -0.15) is 0 Å².